The summed E-state index contributed by atoms with van der Waals surface area (Å²) in [5, 5.41) is 3.19. The standard InChI is InChI=1S/C13H23N3O.ClH/c14-7-8-16-10-13(15)6-9-17-11-12-4-2-1-3-5-12;/h1-5,13,16H,6-11,14-15H2;1H. The Morgan fingerprint density at radius 3 is 2.61 bits per heavy atom. The highest BCUT2D eigenvalue weighted by molar-refractivity contribution is 5.85. The lowest BCUT2D eigenvalue weighted by Crippen LogP contribution is -2.36. The molecule has 0 aromatic heterocycles. The zero-order valence-electron chi connectivity index (χ0n) is 10.7. The van der Waals surface area contributed by atoms with Crippen molar-refractivity contribution in [2.24, 2.45) is 11.5 Å². The number of benzene rings is 1. The second-order valence-electron chi connectivity index (χ2n) is 4.08. The van der Waals surface area contributed by atoms with Crippen molar-refractivity contribution in [1.29, 1.82) is 0 Å². The van der Waals surface area contributed by atoms with Gasteiger partial charge in [-0.25, -0.2) is 0 Å². The van der Waals surface area contributed by atoms with E-state index >= 15 is 0 Å². The van der Waals surface area contributed by atoms with Crippen molar-refractivity contribution in [3.05, 3.63) is 35.9 Å². The topological polar surface area (TPSA) is 73.3 Å². The maximum Gasteiger partial charge on any atom is 0.0716 e. The van der Waals surface area contributed by atoms with E-state index in [0.717, 1.165) is 19.5 Å². The molecule has 0 amide bonds. The van der Waals surface area contributed by atoms with E-state index in [0.29, 0.717) is 19.8 Å². The molecule has 1 aromatic carbocycles. The van der Waals surface area contributed by atoms with Gasteiger partial charge in [0.1, 0.15) is 0 Å². The number of hydrogen-bond donors (Lipinski definition) is 3. The Morgan fingerprint density at radius 1 is 1.22 bits per heavy atom. The van der Waals surface area contributed by atoms with Crippen LogP contribution in [0.2, 0.25) is 0 Å². The van der Waals surface area contributed by atoms with Crippen LogP contribution in [0.4, 0.5) is 0 Å². The van der Waals surface area contributed by atoms with Crippen molar-refractivity contribution in [2.45, 2.75) is 19.1 Å². The van der Waals surface area contributed by atoms with Crippen LogP contribution < -0.4 is 16.8 Å². The van der Waals surface area contributed by atoms with E-state index in [4.69, 9.17) is 16.2 Å². The number of rotatable bonds is 9. The lowest BCUT2D eigenvalue weighted by Gasteiger charge is -2.12. The molecule has 0 aliphatic carbocycles. The Labute approximate surface area is 115 Å². The first-order valence-electron chi connectivity index (χ1n) is 6.11. The minimum absolute atomic E-state index is 0. The molecule has 5 heteroatoms. The number of nitrogens with one attached hydrogen (secondary N) is 1. The molecule has 0 heterocycles. The van der Waals surface area contributed by atoms with Crippen molar-refractivity contribution >= 4 is 12.4 Å². The molecule has 0 saturated carbocycles. The molecule has 4 nitrogen and oxygen atoms in total. The summed E-state index contributed by atoms with van der Waals surface area (Å²) < 4.78 is 5.56. The SMILES string of the molecule is Cl.NCCNCC(N)CCOCc1ccccc1. The van der Waals surface area contributed by atoms with E-state index in [2.05, 4.69) is 17.4 Å². The smallest absolute Gasteiger partial charge is 0.0716 e. The normalized spacial score (nSPS) is 11.9. The van der Waals surface area contributed by atoms with Crippen LogP contribution in [0.3, 0.4) is 0 Å². The average Bonchev–Trinajstić information content (AvgIpc) is 2.36. The first kappa shape index (κ1) is 17.4. The highest BCUT2D eigenvalue weighted by Gasteiger charge is 2.01. The Balaban J connectivity index is 0.00000289. The van der Waals surface area contributed by atoms with Crippen LogP contribution >= 0.6 is 12.4 Å². The van der Waals surface area contributed by atoms with Gasteiger partial charge in [0.05, 0.1) is 6.61 Å². The highest BCUT2D eigenvalue weighted by Crippen LogP contribution is 2.01. The number of ether oxygens (including phenoxy) is 1. The van der Waals surface area contributed by atoms with Crippen LogP contribution in [0.5, 0.6) is 0 Å². The molecule has 0 bridgehead atoms. The lowest BCUT2D eigenvalue weighted by molar-refractivity contribution is 0.114. The van der Waals surface area contributed by atoms with Crippen molar-refractivity contribution in [3.63, 3.8) is 0 Å². The van der Waals surface area contributed by atoms with Crippen LogP contribution in [0.15, 0.2) is 30.3 Å². The molecule has 1 aromatic rings. The molecule has 18 heavy (non-hydrogen) atoms. The van der Waals surface area contributed by atoms with Gasteiger partial charge in [0, 0.05) is 32.3 Å². The van der Waals surface area contributed by atoms with Gasteiger partial charge in [-0.1, -0.05) is 30.3 Å². The minimum Gasteiger partial charge on any atom is -0.377 e. The van der Waals surface area contributed by atoms with E-state index < -0.39 is 0 Å². The molecule has 1 rings (SSSR count). The summed E-state index contributed by atoms with van der Waals surface area (Å²) in [4.78, 5) is 0. The maximum atomic E-state index is 5.91. The summed E-state index contributed by atoms with van der Waals surface area (Å²) in [6.45, 7) is 3.62. The van der Waals surface area contributed by atoms with Crippen LogP contribution in [0.1, 0.15) is 12.0 Å². The van der Waals surface area contributed by atoms with Gasteiger partial charge in [-0.05, 0) is 12.0 Å². The third-order valence-corrected chi connectivity index (χ3v) is 2.47. The predicted octanol–water partition coefficient (Wildman–Crippen LogP) is 0.891. The van der Waals surface area contributed by atoms with E-state index in [1.807, 2.05) is 18.2 Å². The number of halogens is 1. The molecule has 0 radical (unpaired) electrons. The summed E-state index contributed by atoms with van der Waals surface area (Å²) >= 11 is 0. The van der Waals surface area contributed by atoms with Gasteiger partial charge in [-0.15, -0.1) is 12.4 Å². The van der Waals surface area contributed by atoms with Crippen molar-refractivity contribution in [1.82, 2.24) is 5.32 Å². The zero-order chi connectivity index (χ0) is 12.3. The van der Waals surface area contributed by atoms with Gasteiger partial charge in [0.2, 0.25) is 0 Å². The summed E-state index contributed by atoms with van der Waals surface area (Å²) in [6, 6.07) is 10.3. The Kier molecular flexibility index (Phi) is 11.0. The van der Waals surface area contributed by atoms with Gasteiger partial charge in [-0.3, -0.25) is 0 Å². The molecule has 104 valence electrons. The molecule has 0 aliphatic heterocycles. The van der Waals surface area contributed by atoms with Crippen molar-refractivity contribution in [3.8, 4) is 0 Å². The van der Waals surface area contributed by atoms with Crippen LogP contribution in [0.25, 0.3) is 0 Å². The molecule has 0 fully saturated rings. The first-order chi connectivity index (χ1) is 8.33. The van der Waals surface area contributed by atoms with Gasteiger partial charge >= 0.3 is 0 Å². The number of nitrogens with two attached hydrogens (primary N) is 2. The fraction of sp³-hybridized carbons (Fsp3) is 0.538. The Bertz CT molecular complexity index is 285. The van der Waals surface area contributed by atoms with Gasteiger partial charge in [0.25, 0.3) is 0 Å². The minimum atomic E-state index is 0. The fourth-order valence-corrected chi connectivity index (χ4v) is 1.49. The van der Waals surface area contributed by atoms with E-state index in [1.165, 1.54) is 5.56 Å². The first-order valence-corrected chi connectivity index (χ1v) is 6.11. The second-order valence-corrected chi connectivity index (χ2v) is 4.08. The van der Waals surface area contributed by atoms with Crippen LogP contribution in [0, 0.1) is 0 Å². The highest BCUT2D eigenvalue weighted by atomic mass is 35.5. The molecule has 1 unspecified atom stereocenters. The largest absolute Gasteiger partial charge is 0.377 e. The van der Waals surface area contributed by atoms with Crippen molar-refractivity contribution in [2.75, 3.05) is 26.2 Å². The zero-order valence-corrected chi connectivity index (χ0v) is 11.5. The van der Waals surface area contributed by atoms with Gasteiger partial charge in [-0.2, -0.15) is 0 Å². The Morgan fingerprint density at radius 2 is 1.94 bits per heavy atom. The van der Waals surface area contributed by atoms with Crippen LogP contribution in [-0.4, -0.2) is 32.3 Å². The van der Waals surface area contributed by atoms with E-state index in [1.54, 1.807) is 0 Å². The predicted molar refractivity (Wildman–Crippen MR) is 77.9 cm³/mol. The van der Waals surface area contributed by atoms with Crippen molar-refractivity contribution < 1.29 is 4.74 Å². The molecular weight excluding hydrogens is 250 g/mol. The third-order valence-electron chi connectivity index (χ3n) is 2.47. The summed E-state index contributed by atoms with van der Waals surface area (Å²) in [6.07, 6.45) is 0.865. The molecule has 0 saturated heterocycles. The molecule has 0 aliphatic rings. The molecule has 5 N–H and O–H groups in total. The quantitative estimate of drug-likeness (QED) is 0.585. The molecule has 1 atom stereocenters. The summed E-state index contributed by atoms with van der Waals surface area (Å²) in [7, 11) is 0. The third kappa shape index (κ3) is 8.44. The van der Waals surface area contributed by atoms with Gasteiger partial charge in [0.15, 0.2) is 0 Å². The summed E-state index contributed by atoms with van der Waals surface area (Å²) in [5.74, 6) is 0. The maximum absolute atomic E-state index is 5.91. The second kappa shape index (κ2) is 11.4. The van der Waals surface area contributed by atoms with Gasteiger partial charge < -0.3 is 21.5 Å². The lowest BCUT2D eigenvalue weighted by atomic mass is 10.2. The van der Waals surface area contributed by atoms with Crippen LogP contribution in [-0.2, 0) is 11.3 Å². The number of hydrogen-bond acceptors (Lipinski definition) is 4. The Hall–Kier alpha value is -0.650. The monoisotopic (exact) mass is 273 g/mol. The van der Waals surface area contributed by atoms with E-state index in [9.17, 15) is 0 Å². The summed E-state index contributed by atoms with van der Waals surface area (Å²) in [5.41, 5.74) is 12.5. The average molecular weight is 274 g/mol. The molecule has 0 spiro atoms. The molecular formula is C13H24ClN3O. The fourth-order valence-electron chi connectivity index (χ4n) is 1.49. The van der Waals surface area contributed by atoms with E-state index in [-0.39, 0.29) is 18.4 Å².